The molecule has 16 aromatic rings. The van der Waals surface area contributed by atoms with Gasteiger partial charge < -0.3 is 17.7 Å². The molecule has 0 saturated heterocycles. The Hall–Kier alpha value is -10.7. The molecule has 0 amide bonds. The summed E-state index contributed by atoms with van der Waals surface area (Å²) in [6.45, 7) is 10.2. The highest BCUT2D eigenvalue weighted by atomic mass is 16.4. The van der Waals surface area contributed by atoms with Crippen molar-refractivity contribution in [3.8, 4) is 45.0 Å². The molecule has 0 radical (unpaired) electrons. The summed E-state index contributed by atoms with van der Waals surface area (Å²) in [5.74, 6) is -9.52. The van der Waals surface area contributed by atoms with Gasteiger partial charge in [0.1, 0.15) is 28.2 Å². The maximum atomic E-state index is 8.53. The van der Waals surface area contributed by atoms with Crippen molar-refractivity contribution < 1.29 is 64.7 Å². The van der Waals surface area contributed by atoms with E-state index in [1.54, 1.807) is 93.2 Å². The average Bonchev–Trinajstić information content (AvgIpc) is 1.62. The second-order valence-electron chi connectivity index (χ2n) is 28.1. The summed E-state index contributed by atoms with van der Waals surface area (Å²) in [5, 5.41) is 7.15. The van der Waals surface area contributed by atoms with Crippen molar-refractivity contribution in [2.45, 2.75) is 167 Å². The minimum Gasteiger partial charge on any atom is -0.437 e. The smallest absolute Gasteiger partial charge is 0.227 e. The van der Waals surface area contributed by atoms with E-state index in [1.165, 1.54) is 34.6 Å². The Kier molecular flexibility index (Phi) is 14.6. The summed E-state index contributed by atoms with van der Waals surface area (Å²) in [5.41, 5.74) is 19.5. The molecule has 0 spiro atoms. The first kappa shape index (κ1) is 51.5. The van der Waals surface area contributed by atoms with Crippen LogP contribution in [0.15, 0.2) is 188 Å². The van der Waals surface area contributed by atoms with Gasteiger partial charge in [-0.05, 0) is 176 Å². The number of nitrogens with zero attached hydrogens (tertiary/aromatic N) is 8. The maximum Gasteiger partial charge on any atom is 0.227 e. The molecule has 0 aliphatic heterocycles. The first-order chi connectivity index (χ1) is 58.7. The lowest BCUT2D eigenvalue weighted by Crippen LogP contribution is -2.31. The van der Waals surface area contributed by atoms with Gasteiger partial charge in [-0.3, -0.25) is 0 Å². The van der Waals surface area contributed by atoms with E-state index in [-0.39, 0.29) is 6.42 Å². The summed E-state index contributed by atoms with van der Waals surface area (Å²) in [6.07, 6.45) is 7.89. The van der Waals surface area contributed by atoms with Crippen molar-refractivity contribution in [1.29, 1.82) is 0 Å². The Balaban J connectivity index is 0.000000145. The van der Waals surface area contributed by atoms with E-state index in [4.69, 9.17) is 46.5 Å². The molecule has 12 aromatic heterocycles. The number of furan rings is 4. The van der Waals surface area contributed by atoms with Crippen molar-refractivity contribution in [2.24, 2.45) is 34.1 Å². The fraction of sp³-hybridized carbons (Fsp3) is 0.319. The fourth-order valence-corrected chi connectivity index (χ4v) is 13.8. The largest absolute Gasteiger partial charge is 0.437 e. The molecule has 5 unspecified atom stereocenters. The molecule has 0 bridgehead atoms. The summed E-state index contributed by atoms with van der Waals surface area (Å²) >= 11 is 0. The topological polar surface area (TPSA) is 120 Å². The molecule has 16 rings (SSSR count). The van der Waals surface area contributed by atoms with Crippen LogP contribution in [0.4, 0.5) is 0 Å². The van der Waals surface area contributed by atoms with Crippen LogP contribution in [0.3, 0.4) is 0 Å². The summed E-state index contributed by atoms with van der Waals surface area (Å²) in [6, 6.07) is 45.1. The lowest BCUT2D eigenvalue weighted by molar-refractivity contribution is -0.660. The standard InChI is InChI=1S/C25H29N2O.C24H27N2O.C23H25N2O.C22H23N2O/c1-15(2)13-19-8-10-21-20-9-7-17(5)23(24(20)28-25(21)26-19)22-14-18(16(3)4)11-12-27(22)6;1-14(2)17-11-12-26(6)21(13-17)22-16(5)7-8-18-19-9-10-20(15(3)4)25-24(19)27-23(18)22;1-6-17-8-10-19-18-9-7-15(4)21(22(18)26-23(19)24-17)20-13-16(14(2)3)11-12-25(20)5;1-13(2)16-10-11-24(5)19(12-16)20-14(3)6-8-17-18-9-7-15(4)23-22(18)25-21(17)20/h7-12,14-16H,13H2,1-6H3;7-15H,1-6H3;7-14H,6H2,1-5H3;6-13H,1-5H3/q4*+1/i1D3,3D3,15D,16D;1D3,14D,15D;2D3,14D;1D3,13D. The number of hydrogen-bond acceptors (Lipinski definition) is 8. The zero-order chi connectivity index (χ0) is 93.5. The molecule has 4 aromatic carbocycles. The number of pyridine rings is 8. The Morgan fingerprint density at radius 3 is 0.972 bits per heavy atom. The van der Waals surface area contributed by atoms with Gasteiger partial charge in [0.2, 0.25) is 45.6 Å². The molecule has 540 valence electrons. The summed E-state index contributed by atoms with van der Waals surface area (Å²) < 4.78 is 200. The van der Waals surface area contributed by atoms with Crippen molar-refractivity contribution in [1.82, 2.24) is 19.9 Å². The van der Waals surface area contributed by atoms with Crippen LogP contribution in [0.2, 0.25) is 0 Å². The number of rotatable bonds is 12. The Morgan fingerprint density at radius 2 is 0.642 bits per heavy atom. The zero-order valence-electron chi connectivity index (χ0n) is 84.3. The van der Waals surface area contributed by atoms with Crippen LogP contribution >= 0.6 is 0 Å². The fourth-order valence-electron chi connectivity index (χ4n) is 13.8. The van der Waals surface area contributed by atoms with E-state index in [0.29, 0.717) is 78.9 Å². The van der Waals surface area contributed by atoms with Gasteiger partial charge in [0.25, 0.3) is 0 Å². The molecule has 12 nitrogen and oxygen atoms in total. The third-order valence-corrected chi connectivity index (χ3v) is 19.8. The average molecular weight is 1430 g/mol. The first-order valence-corrected chi connectivity index (χ1v) is 35.5. The predicted molar refractivity (Wildman–Crippen MR) is 435 cm³/mol. The van der Waals surface area contributed by atoms with Crippen LogP contribution in [-0.2, 0) is 41.0 Å². The van der Waals surface area contributed by atoms with Crippen LogP contribution in [0, 0.1) is 40.5 Å². The van der Waals surface area contributed by atoms with Gasteiger partial charge in [-0.15, -0.1) is 0 Å². The number of fused-ring (bicyclic) bond motifs is 12. The molecule has 0 N–H and O–H groups in total. The normalized spacial score (nSPS) is 18.3. The second-order valence-corrected chi connectivity index (χ2v) is 28.1. The van der Waals surface area contributed by atoms with Crippen molar-refractivity contribution in [2.75, 3.05) is 0 Å². The molecule has 5 atom stereocenters. The van der Waals surface area contributed by atoms with Gasteiger partial charge in [-0.25, -0.2) is 38.2 Å². The van der Waals surface area contributed by atoms with Gasteiger partial charge in [-0.1, -0.05) is 138 Å². The Morgan fingerprint density at radius 1 is 0.340 bits per heavy atom. The molecular formula is C94H104N8O4+4. The van der Waals surface area contributed by atoms with Gasteiger partial charge >= 0.3 is 0 Å². The van der Waals surface area contributed by atoms with Crippen molar-refractivity contribution in [3.05, 3.63) is 238 Å². The monoisotopic (exact) mass is 1430 g/mol. The molecular weight excluding hydrogens is 1310 g/mol. The number of benzene rings is 4. The third kappa shape index (κ3) is 14.3. The van der Waals surface area contributed by atoms with Crippen LogP contribution in [0.5, 0.6) is 0 Å². The molecule has 12 heteroatoms. The molecule has 106 heavy (non-hydrogen) atoms. The maximum absolute atomic E-state index is 8.53. The van der Waals surface area contributed by atoms with E-state index in [9.17, 15) is 0 Å². The first-order valence-electron chi connectivity index (χ1n) is 46.0. The van der Waals surface area contributed by atoms with Crippen LogP contribution in [-0.4, -0.2) is 19.9 Å². The minimum absolute atomic E-state index is 0.0589. The van der Waals surface area contributed by atoms with Crippen molar-refractivity contribution in [3.63, 3.8) is 0 Å². The van der Waals surface area contributed by atoms with Crippen LogP contribution in [0.1, 0.15) is 215 Å². The van der Waals surface area contributed by atoms with E-state index in [1.807, 2.05) is 172 Å². The van der Waals surface area contributed by atoms with E-state index < -0.39 is 69.6 Å². The molecule has 0 aliphatic rings. The highest BCUT2D eigenvalue weighted by molar-refractivity contribution is 6.12. The second kappa shape index (κ2) is 30.0. The lowest BCUT2D eigenvalue weighted by Gasteiger charge is -2.09. The lowest BCUT2D eigenvalue weighted by atomic mass is 9.97. The summed E-state index contributed by atoms with van der Waals surface area (Å²) in [4.78, 5) is 18.3. The molecule has 0 fully saturated rings. The predicted octanol–water partition coefficient (Wildman–Crippen LogP) is 22.8. The molecule has 0 aliphatic carbocycles. The van der Waals surface area contributed by atoms with E-state index >= 15 is 0 Å². The van der Waals surface area contributed by atoms with Gasteiger partial charge in [0.15, 0.2) is 47.1 Å². The van der Waals surface area contributed by atoms with E-state index in [2.05, 4.69) is 26.9 Å². The highest BCUT2D eigenvalue weighted by Gasteiger charge is 2.28. The third-order valence-electron chi connectivity index (χ3n) is 19.8. The molecule has 0 saturated carbocycles. The van der Waals surface area contributed by atoms with Gasteiger partial charge in [-0.2, -0.15) is 0 Å². The highest BCUT2D eigenvalue weighted by Crippen LogP contribution is 2.42. The number of aromatic nitrogens is 8. The van der Waals surface area contributed by atoms with Crippen LogP contribution in [0.25, 0.3) is 133 Å². The minimum atomic E-state index is -2.51. The van der Waals surface area contributed by atoms with Gasteiger partial charge in [0.05, 0.1) is 22.3 Å². The Bertz CT molecular complexity index is 7000. The van der Waals surface area contributed by atoms with Crippen LogP contribution < -0.4 is 18.3 Å². The number of aryl methyl sites for hydroxylation is 10. The SMILES string of the molecule is [2H]C(C)(C)c1ccc2c(n1)oc1c(-c3cc(C([2H])(C)C([2H])([2H])[2H])cc[n+]3C)c(C)ccc12.[2H]C([2H])([2H])C([2H])(C)Cc1ccc2c(n1)oc1c(-c3cc(C([2H])(C)C([2H])([2H])[2H])cc[n+]3C)c(C)ccc12.[2H]C([2H])([2H])C([2H])(C)c1cc[n+](C)c(-c2c(C)ccc3c2oc2nc(C)ccc23)c1.[2H]C([2H])([2H])C([2H])(C)c1cc[n+](C)c(-c2c(C)ccc3c2oc2nc(CC)ccc23)c1. The summed E-state index contributed by atoms with van der Waals surface area (Å²) in [7, 11) is 7.54. The van der Waals surface area contributed by atoms with Gasteiger partial charge in [0, 0.05) is 143 Å². The van der Waals surface area contributed by atoms with Crippen molar-refractivity contribution >= 4 is 88.3 Å². The quantitative estimate of drug-likeness (QED) is 0.111. The zero-order valence-corrected chi connectivity index (χ0v) is 63.3. The Labute approximate surface area is 654 Å². The molecule has 12 heterocycles. The number of hydrogen-bond donors (Lipinski definition) is 0. The van der Waals surface area contributed by atoms with E-state index in [0.717, 1.165) is 128 Å².